The molecule has 0 unspecified atom stereocenters. The Morgan fingerprint density at radius 1 is 0.935 bits per heavy atom. The summed E-state index contributed by atoms with van der Waals surface area (Å²) in [7, 11) is -4.25. The third-order valence-corrected chi connectivity index (χ3v) is 5.80. The number of aryl methyl sites for hydroxylation is 1. The van der Waals surface area contributed by atoms with Crippen molar-refractivity contribution in [2.45, 2.75) is 11.8 Å². The number of benzene rings is 3. The van der Waals surface area contributed by atoms with Gasteiger partial charge in [0.2, 0.25) is 5.88 Å². The zero-order chi connectivity index (χ0) is 22.0. The fourth-order valence-electron chi connectivity index (χ4n) is 2.94. The van der Waals surface area contributed by atoms with Crippen molar-refractivity contribution in [2.24, 2.45) is 0 Å². The van der Waals surface area contributed by atoms with Gasteiger partial charge in [0.25, 0.3) is 5.69 Å². The molecular weight excluding hydrogens is 418 g/mol. The Morgan fingerprint density at radius 3 is 2.19 bits per heavy atom. The number of nitrogens with zero attached hydrogens (tertiary/aromatic N) is 3. The second-order valence-electron chi connectivity index (χ2n) is 6.77. The Kier molecular flexibility index (Phi) is 5.26. The first-order valence-corrected chi connectivity index (χ1v) is 10.7. The van der Waals surface area contributed by atoms with E-state index in [9.17, 15) is 18.5 Å². The highest BCUT2D eigenvalue weighted by molar-refractivity contribution is 7.87. The minimum absolute atomic E-state index is 0.000980. The molecule has 3 aromatic carbocycles. The molecule has 1 aromatic heterocycles. The van der Waals surface area contributed by atoms with Gasteiger partial charge in [-0.1, -0.05) is 48.0 Å². The monoisotopic (exact) mass is 435 g/mol. The molecule has 156 valence electrons. The van der Waals surface area contributed by atoms with Crippen molar-refractivity contribution in [3.8, 4) is 22.8 Å². The van der Waals surface area contributed by atoms with Crippen LogP contribution in [0.15, 0.2) is 89.8 Å². The summed E-state index contributed by atoms with van der Waals surface area (Å²) in [6, 6.07) is 22.7. The zero-order valence-corrected chi connectivity index (χ0v) is 17.2. The van der Waals surface area contributed by atoms with E-state index in [0.29, 0.717) is 11.4 Å². The molecule has 0 saturated heterocycles. The summed E-state index contributed by atoms with van der Waals surface area (Å²) in [6.07, 6.45) is 0. The number of aromatic nitrogens is 2. The molecule has 0 atom stereocenters. The molecule has 4 rings (SSSR count). The molecule has 8 nitrogen and oxygen atoms in total. The first kappa shape index (κ1) is 20.3. The molecule has 0 aliphatic carbocycles. The third-order valence-electron chi connectivity index (χ3n) is 4.56. The number of non-ortho nitro benzene ring substituents is 1. The van der Waals surface area contributed by atoms with Gasteiger partial charge in [-0.3, -0.25) is 10.1 Å². The van der Waals surface area contributed by atoms with Crippen LogP contribution in [0.2, 0.25) is 0 Å². The van der Waals surface area contributed by atoms with Crippen LogP contribution in [0.3, 0.4) is 0 Å². The van der Waals surface area contributed by atoms with Crippen LogP contribution in [0.25, 0.3) is 16.9 Å². The van der Waals surface area contributed by atoms with E-state index in [1.165, 1.54) is 10.7 Å². The van der Waals surface area contributed by atoms with E-state index in [2.05, 4.69) is 5.10 Å². The molecule has 0 radical (unpaired) electrons. The summed E-state index contributed by atoms with van der Waals surface area (Å²) in [6.45, 7) is 1.94. The van der Waals surface area contributed by atoms with Crippen LogP contribution in [0.1, 0.15) is 5.56 Å². The average Bonchev–Trinajstić information content (AvgIpc) is 3.18. The Balaban J connectivity index is 1.76. The minimum atomic E-state index is -4.25. The fraction of sp³-hybridized carbons (Fsp3) is 0.0455. The van der Waals surface area contributed by atoms with E-state index in [1.54, 1.807) is 0 Å². The van der Waals surface area contributed by atoms with E-state index in [1.807, 2.05) is 61.5 Å². The Hall–Kier alpha value is -3.98. The average molecular weight is 435 g/mol. The van der Waals surface area contributed by atoms with Crippen LogP contribution in [-0.4, -0.2) is 23.1 Å². The predicted octanol–water partition coefficient (Wildman–Crippen LogP) is 4.52. The SMILES string of the molecule is Cc1ccc(-n2nc(-c3ccccc3)cc2OS(=O)(=O)c2ccc([N+](=O)[O-])cc2)cc1. The maximum atomic E-state index is 12.8. The van der Waals surface area contributed by atoms with Gasteiger partial charge < -0.3 is 4.18 Å². The number of nitro benzene ring substituents is 1. The molecule has 4 aromatic rings. The zero-order valence-electron chi connectivity index (χ0n) is 16.4. The second kappa shape index (κ2) is 8.04. The molecule has 0 aliphatic rings. The Bertz CT molecular complexity index is 1330. The van der Waals surface area contributed by atoms with Crippen LogP contribution in [-0.2, 0) is 10.1 Å². The summed E-state index contributed by atoms with van der Waals surface area (Å²) < 4.78 is 32.5. The number of hydrogen-bond donors (Lipinski definition) is 0. The van der Waals surface area contributed by atoms with Gasteiger partial charge in [0.15, 0.2) is 0 Å². The lowest BCUT2D eigenvalue weighted by Crippen LogP contribution is -2.12. The maximum Gasteiger partial charge on any atom is 0.340 e. The van der Waals surface area contributed by atoms with Crippen molar-refractivity contribution >= 4 is 15.8 Å². The summed E-state index contributed by atoms with van der Waals surface area (Å²) >= 11 is 0. The van der Waals surface area contributed by atoms with E-state index < -0.39 is 15.0 Å². The van der Waals surface area contributed by atoms with Gasteiger partial charge in [-0.2, -0.15) is 18.2 Å². The number of rotatable bonds is 6. The van der Waals surface area contributed by atoms with Gasteiger partial charge in [-0.05, 0) is 31.2 Å². The van der Waals surface area contributed by atoms with Gasteiger partial charge in [-0.25, -0.2) is 0 Å². The topological polar surface area (TPSA) is 104 Å². The van der Waals surface area contributed by atoms with Gasteiger partial charge in [-0.15, -0.1) is 0 Å². The van der Waals surface area contributed by atoms with Crippen molar-refractivity contribution in [3.05, 3.63) is 101 Å². The van der Waals surface area contributed by atoms with Gasteiger partial charge in [0.05, 0.1) is 16.3 Å². The van der Waals surface area contributed by atoms with Gasteiger partial charge in [0, 0.05) is 23.8 Å². The van der Waals surface area contributed by atoms with Crippen LogP contribution in [0.5, 0.6) is 5.88 Å². The molecule has 0 spiro atoms. The van der Waals surface area contributed by atoms with Crippen LogP contribution < -0.4 is 4.18 Å². The molecule has 0 aliphatic heterocycles. The van der Waals surface area contributed by atoms with E-state index in [4.69, 9.17) is 4.18 Å². The standard InChI is InChI=1S/C22H17N3O5S/c1-16-7-9-18(10-8-16)24-22(15-21(23-24)17-5-3-2-4-6-17)30-31(28,29)20-13-11-19(12-14-20)25(26)27/h2-15H,1H3. The maximum absolute atomic E-state index is 12.8. The molecule has 0 N–H and O–H groups in total. The van der Waals surface area contributed by atoms with E-state index in [-0.39, 0.29) is 16.5 Å². The molecule has 9 heteroatoms. The van der Waals surface area contributed by atoms with Gasteiger partial charge >= 0.3 is 10.1 Å². The quantitative estimate of drug-likeness (QED) is 0.250. The van der Waals surface area contributed by atoms with Crippen LogP contribution in [0.4, 0.5) is 5.69 Å². The minimum Gasteiger partial charge on any atom is -0.358 e. The molecule has 0 saturated carbocycles. The first-order chi connectivity index (χ1) is 14.8. The van der Waals surface area contributed by atoms with Gasteiger partial charge in [0.1, 0.15) is 4.90 Å². The largest absolute Gasteiger partial charge is 0.358 e. The van der Waals surface area contributed by atoms with Crippen molar-refractivity contribution in [1.29, 1.82) is 0 Å². The molecule has 0 bridgehead atoms. The third kappa shape index (κ3) is 4.31. The highest BCUT2D eigenvalue weighted by Crippen LogP contribution is 2.29. The van der Waals surface area contributed by atoms with E-state index >= 15 is 0 Å². The number of nitro groups is 1. The lowest BCUT2D eigenvalue weighted by Gasteiger charge is -2.09. The van der Waals surface area contributed by atoms with Crippen molar-refractivity contribution in [1.82, 2.24) is 9.78 Å². The highest BCUT2D eigenvalue weighted by Gasteiger charge is 2.22. The number of hydrogen-bond acceptors (Lipinski definition) is 6. The molecule has 1 heterocycles. The Morgan fingerprint density at radius 2 is 1.58 bits per heavy atom. The summed E-state index contributed by atoms with van der Waals surface area (Å²) in [4.78, 5) is 10.0. The summed E-state index contributed by atoms with van der Waals surface area (Å²) in [5.41, 5.74) is 2.79. The summed E-state index contributed by atoms with van der Waals surface area (Å²) in [5, 5.41) is 15.4. The van der Waals surface area contributed by atoms with Crippen LogP contribution in [0, 0.1) is 17.0 Å². The van der Waals surface area contributed by atoms with Crippen molar-refractivity contribution in [3.63, 3.8) is 0 Å². The Labute approximate surface area is 178 Å². The van der Waals surface area contributed by atoms with E-state index in [0.717, 1.165) is 35.4 Å². The molecule has 31 heavy (non-hydrogen) atoms. The lowest BCUT2D eigenvalue weighted by molar-refractivity contribution is -0.384. The van der Waals surface area contributed by atoms with Crippen molar-refractivity contribution in [2.75, 3.05) is 0 Å². The highest BCUT2D eigenvalue weighted by atomic mass is 32.2. The van der Waals surface area contributed by atoms with Crippen LogP contribution >= 0.6 is 0 Å². The summed E-state index contributed by atoms with van der Waals surface area (Å²) in [5.74, 6) is 0.000980. The molecular formula is C22H17N3O5S. The van der Waals surface area contributed by atoms with Crippen molar-refractivity contribution < 1.29 is 17.5 Å². The lowest BCUT2D eigenvalue weighted by atomic mass is 10.2. The molecule has 0 fully saturated rings. The predicted molar refractivity (Wildman–Crippen MR) is 115 cm³/mol. The first-order valence-electron chi connectivity index (χ1n) is 9.25. The smallest absolute Gasteiger partial charge is 0.340 e. The fourth-order valence-corrected chi connectivity index (χ4v) is 3.85. The normalized spacial score (nSPS) is 11.3. The second-order valence-corrected chi connectivity index (χ2v) is 8.32. The molecule has 0 amide bonds.